The molecule has 0 bridgehead atoms. The minimum Gasteiger partial charge on any atom is -0.503 e. The van der Waals surface area contributed by atoms with Crippen LogP contribution in [0.1, 0.15) is 84.0 Å². The second-order valence-electron chi connectivity index (χ2n) is 7.86. The van der Waals surface area contributed by atoms with Gasteiger partial charge in [-0.15, -0.1) is 5.10 Å². The number of rotatable bonds is 14. The summed E-state index contributed by atoms with van der Waals surface area (Å²) in [5, 5.41) is 18.0. The van der Waals surface area contributed by atoms with E-state index in [-0.39, 0.29) is 17.5 Å². The molecule has 0 unspecified atom stereocenters. The van der Waals surface area contributed by atoms with Crippen molar-refractivity contribution in [3.05, 3.63) is 33.4 Å². The molecule has 1 aromatic heterocycles. The van der Waals surface area contributed by atoms with Crippen LogP contribution in [0.25, 0.3) is 5.69 Å². The molecule has 0 spiro atoms. The molecule has 172 valence electrons. The zero-order valence-corrected chi connectivity index (χ0v) is 20.4. The molecule has 2 aromatic rings. The summed E-state index contributed by atoms with van der Waals surface area (Å²) in [5.41, 5.74) is 0.383. The molecular formula is C23H32Cl3N3O2. The first-order chi connectivity index (χ1) is 14.9. The summed E-state index contributed by atoms with van der Waals surface area (Å²) < 4.78 is 1.33. The van der Waals surface area contributed by atoms with Crippen LogP contribution < -0.4 is 5.32 Å². The number of carbonyl (C=O) groups excluding carboxylic acids is 1. The number of hydrogen-bond acceptors (Lipinski definition) is 3. The molecule has 0 aliphatic carbocycles. The Hall–Kier alpha value is -1.43. The summed E-state index contributed by atoms with van der Waals surface area (Å²) in [6.45, 7) is 2.24. The first-order valence-electron chi connectivity index (χ1n) is 11.2. The average molecular weight is 489 g/mol. The average Bonchev–Trinajstić information content (AvgIpc) is 3.05. The van der Waals surface area contributed by atoms with E-state index >= 15 is 0 Å². The summed E-state index contributed by atoms with van der Waals surface area (Å²) >= 11 is 18.3. The van der Waals surface area contributed by atoms with Crippen LogP contribution in [0, 0.1) is 0 Å². The Morgan fingerprint density at radius 1 is 0.935 bits per heavy atom. The van der Waals surface area contributed by atoms with E-state index < -0.39 is 0 Å². The lowest BCUT2D eigenvalue weighted by Crippen LogP contribution is -2.12. The Balaban J connectivity index is 1.69. The first-order valence-corrected chi connectivity index (χ1v) is 12.3. The highest BCUT2D eigenvalue weighted by Crippen LogP contribution is 2.34. The number of unbranched alkanes of at least 4 members (excludes halogenated alkanes) is 10. The molecule has 1 aromatic carbocycles. The van der Waals surface area contributed by atoms with E-state index in [1.54, 1.807) is 0 Å². The highest BCUT2D eigenvalue weighted by atomic mass is 35.5. The largest absolute Gasteiger partial charge is 0.503 e. The monoisotopic (exact) mass is 487 g/mol. The Bertz CT molecular complexity index is 816. The predicted octanol–water partition coefficient (Wildman–Crippen LogP) is 8.18. The van der Waals surface area contributed by atoms with Gasteiger partial charge in [0, 0.05) is 11.4 Å². The number of amides is 1. The van der Waals surface area contributed by atoms with Gasteiger partial charge in [-0.2, -0.15) is 0 Å². The van der Waals surface area contributed by atoms with Crippen LogP contribution >= 0.6 is 34.8 Å². The summed E-state index contributed by atoms with van der Waals surface area (Å²) in [6, 6.07) is 3.07. The molecule has 2 N–H and O–H groups in total. The van der Waals surface area contributed by atoms with Crippen LogP contribution in [-0.4, -0.2) is 20.8 Å². The first kappa shape index (κ1) is 25.8. The third-order valence-corrected chi connectivity index (χ3v) is 5.97. The maximum atomic E-state index is 12.2. The van der Waals surface area contributed by atoms with Gasteiger partial charge in [0.05, 0.1) is 16.2 Å². The van der Waals surface area contributed by atoms with Crippen molar-refractivity contribution in [3.8, 4) is 11.4 Å². The molecule has 31 heavy (non-hydrogen) atoms. The van der Waals surface area contributed by atoms with E-state index in [4.69, 9.17) is 34.8 Å². The topological polar surface area (TPSA) is 67.2 Å². The number of anilines is 1. The smallest absolute Gasteiger partial charge is 0.225 e. The van der Waals surface area contributed by atoms with Gasteiger partial charge in [-0.05, 0) is 18.6 Å². The third kappa shape index (κ3) is 8.91. The van der Waals surface area contributed by atoms with Gasteiger partial charge in [-0.1, -0.05) is 106 Å². The highest BCUT2D eigenvalue weighted by molar-refractivity contribution is 6.40. The number of halogens is 3. The van der Waals surface area contributed by atoms with Crippen molar-refractivity contribution in [2.75, 3.05) is 5.32 Å². The molecule has 0 fully saturated rings. The summed E-state index contributed by atoms with van der Waals surface area (Å²) in [7, 11) is 0. The standard InChI is InChI=1S/C23H32Cl3N3O2/c1-2-3-4-5-6-7-8-9-10-11-12-13-21(31)27-23-20(30)16-29(28-23)22-18(25)14-17(24)15-19(22)26/h14-16,30H,2-13H2,1H3,(H,27,28,31). The van der Waals surface area contributed by atoms with Crippen molar-refractivity contribution in [2.24, 2.45) is 0 Å². The zero-order valence-electron chi connectivity index (χ0n) is 18.1. The van der Waals surface area contributed by atoms with E-state index in [9.17, 15) is 9.90 Å². The molecule has 8 heteroatoms. The maximum absolute atomic E-state index is 12.2. The molecule has 5 nitrogen and oxygen atoms in total. The molecular weight excluding hydrogens is 457 g/mol. The Kier molecular flexibility index (Phi) is 11.6. The summed E-state index contributed by atoms with van der Waals surface area (Å²) in [6.07, 6.45) is 15.2. The lowest BCUT2D eigenvalue weighted by atomic mass is 10.1. The zero-order chi connectivity index (χ0) is 22.6. The minimum absolute atomic E-state index is 0.0788. The van der Waals surface area contributed by atoms with Gasteiger partial charge in [0.2, 0.25) is 5.91 Å². The maximum Gasteiger partial charge on any atom is 0.225 e. The molecule has 1 heterocycles. The van der Waals surface area contributed by atoms with Crippen LogP contribution in [0.4, 0.5) is 5.82 Å². The second kappa shape index (κ2) is 13.9. The SMILES string of the molecule is CCCCCCCCCCCCCC(=O)Nc1nn(-c2c(Cl)cc(Cl)cc2Cl)cc1O. The molecule has 1 amide bonds. The van der Waals surface area contributed by atoms with Crippen LogP contribution in [0.5, 0.6) is 5.75 Å². The van der Waals surface area contributed by atoms with Crippen LogP contribution in [0.3, 0.4) is 0 Å². The second-order valence-corrected chi connectivity index (χ2v) is 9.11. The van der Waals surface area contributed by atoms with E-state index in [2.05, 4.69) is 17.3 Å². The highest BCUT2D eigenvalue weighted by Gasteiger charge is 2.16. The Morgan fingerprint density at radius 2 is 1.45 bits per heavy atom. The molecule has 0 aliphatic rings. The normalized spacial score (nSPS) is 11.1. The molecule has 0 saturated heterocycles. The van der Waals surface area contributed by atoms with E-state index in [1.807, 2.05) is 0 Å². The van der Waals surface area contributed by atoms with Gasteiger partial charge in [0.25, 0.3) is 0 Å². The number of hydrogen-bond donors (Lipinski definition) is 2. The minimum atomic E-state index is -0.176. The fourth-order valence-corrected chi connectivity index (χ4v) is 4.46. The number of nitrogens with one attached hydrogen (secondary N) is 1. The van der Waals surface area contributed by atoms with Crippen LogP contribution in [-0.2, 0) is 4.79 Å². The quantitative estimate of drug-likeness (QED) is 0.263. The van der Waals surface area contributed by atoms with Gasteiger partial charge >= 0.3 is 0 Å². The van der Waals surface area contributed by atoms with Crippen LogP contribution in [0.2, 0.25) is 15.1 Å². The van der Waals surface area contributed by atoms with Crippen molar-refractivity contribution >= 4 is 46.5 Å². The number of benzene rings is 1. The van der Waals surface area contributed by atoms with Crippen molar-refractivity contribution in [1.29, 1.82) is 0 Å². The number of carbonyl (C=O) groups is 1. The fraction of sp³-hybridized carbons (Fsp3) is 0.565. The van der Waals surface area contributed by atoms with Crippen LogP contribution in [0.15, 0.2) is 18.3 Å². The van der Waals surface area contributed by atoms with Gasteiger partial charge in [0.15, 0.2) is 11.6 Å². The Labute approximate surface area is 200 Å². The molecule has 0 atom stereocenters. The fourth-order valence-electron chi connectivity index (χ4n) is 3.47. The molecule has 0 aliphatic heterocycles. The molecule has 0 radical (unpaired) electrons. The van der Waals surface area contributed by atoms with Gasteiger partial charge in [-0.3, -0.25) is 4.79 Å². The third-order valence-electron chi connectivity index (χ3n) is 5.17. The van der Waals surface area contributed by atoms with E-state index in [0.717, 1.165) is 19.3 Å². The molecule has 0 saturated carbocycles. The van der Waals surface area contributed by atoms with Crippen molar-refractivity contribution in [1.82, 2.24) is 9.78 Å². The van der Waals surface area contributed by atoms with Crippen molar-refractivity contribution in [2.45, 2.75) is 84.0 Å². The van der Waals surface area contributed by atoms with E-state index in [0.29, 0.717) is 27.2 Å². The summed E-state index contributed by atoms with van der Waals surface area (Å²) in [4.78, 5) is 12.2. The molecule has 2 rings (SSSR count). The number of nitrogens with zero attached hydrogens (tertiary/aromatic N) is 2. The van der Waals surface area contributed by atoms with Crippen molar-refractivity contribution in [3.63, 3.8) is 0 Å². The number of aromatic hydroxyl groups is 1. The Morgan fingerprint density at radius 3 is 2.00 bits per heavy atom. The van der Waals surface area contributed by atoms with E-state index in [1.165, 1.54) is 74.4 Å². The lowest BCUT2D eigenvalue weighted by Gasteiger charge is -2.07. The predicted molar refractivity (Wildman–Crippen MR) is 130 cm³/mol. The van der Waals surface area contributed by atoms with Gasteiger partial charge in [0.1, 0.15) is 5.69 Å². The lowest BCUT2D eigenvalue weighted by molar-refractivity contribution is -0.116. The van der Waals surface area contributed by atoms with Crippen molar-refractivity contribution < 1.29 is 9.90 Å². The van der Waals surface area contributed by atoms with Gasteiger partial charge in [-0.25, -0.2) is 4.68 Å². The number of aromatic nitrogens is 2. The summed E-state index contributed by atoms with van der Waals surface area (Å²) in [5.74, 6) is -0.255. The van der Waals surface area contributed by atoms with Gasteiger partial charge < -0.3 is 10.4 Å².